The molecule has 3 atom stereocenters. The highest BCUT2D eigenvalue weighted by Gasteiger charge is 2.41. The molecule has 1 fully saturated rings. The zero-order valence-electron chi connectivity index (χ0n) is 12.3. The van der Waals surface area contributed by atoms with Gasteiger partial charge in [-0.25, -0.2) is 0 Å². The second-order valence-corrected chi connectivity index (χ2v) is 5.66. The van der Waals surface area contributed by atoms with Gasteiger partial charge < -0.3 is 14.2 Å². The molecule has 0 aliphatic carbocycles. The lowest BCUT2D eigenvalue weighted by Gasteiger charge is -2.43. The predicted molar refractivity (Wildman–Crippen MR) is 75.1 cm³/mol. The van der Waals surface area contributed by atoms with Crippen molar-refractivity contribution < 1.29 is 14.2 Å². The maximum absolute atomic E-state index is 5.96. The van der Waals surface area contributed by atoms with Crippen LogP contribution in [0, 0.1) is 5.92 Å². The Morgan fingerprint density at radius 3 is 2.42 bits per heavy atom. The highest BCUT2D eigenvalue weighted by atomic mass is 16.5. The zero-order valence-corrected chi connectivity index (χ0v) is 12.3. The van der Waals surface area contributed by atoms with Crippen LogP contribution in [0.1, 0.15) is 31.9 Å². The molecule has 1 aliphatic rings. The Hall–Kier alpha value is -0.900. The third kappa shape index (κ3) is 3.16. The monoisotopic (exact) mass is 264 g/mol. The van der Waals surface area contributed by atoms with Crippen molar-refractivity contribution >= 4 is 0 Å². The van der Waals surface area contributed by atoms with Gasteiger partial charge in [-0.1, -0.05) is 30.3 Å². The van der Waals surface area contributed by atoms with E-state index in [0.29, 0.717) is 12.5 Å². The topological polar surface area (TPSA) is 27.7 Å². The van der Waals surface area contributed by atoms with Crippen LogP contribution in [0.5, 0.6) is 0 Å². The first-order valence-electron chi connectivity index (χ1n) is 6.83. The van der Waals surface area contributed by atoms with Crippen molar-refractivity contribution in [3.05, 3.63) is 35.9 Å². The fourth-order valence-electron chi connectivity index (χ4n) is 2.79. The molecule has 0 aromatic heterocycles. The summed E-state index contributed by atoms with van der Waals surface area (Å²) < 4.78 is 17.2. The van der Waals surface area contributed by atoms with Gasteiger partial charge in [-0.05, 0) is 25.8 Å². The van der Waals surface area contributed by atoms with Gasteiger partial charge in [-0.3, -0.25) is 0 Å². The van der Waals surface area contributed by atoms with Gasteiger partial charge in [0, 0.05) is 20.1 Å². The van der Waals surface area contributed by atoms with Gasteiger partial charge in [0.2, 0.25) is 0 Å². The minimum absolute atomic E-state index is 0.0925. The molecule has 1 unspecified atom stereocenters. The van der Waals surface area contributed by atoms with Gasteiger partial charge >= 0.3 is 0 Å². The van der Waals surface area contributed by atoms with E-state index in [1.165, 1.54) is 5.56 Å². The van der Waals surface area contributed by atoms with Crippen LogP contribution in [0.3, 0.4) is 0 Å². The Balaban J connectivity index is 2.16. The second kappa shape index (κ2) is 6.04. The molecule has 0 saturated carbocycles. The van der Waals surface area contributed by atoms with Crippen LogP contribution in [0.4, 0.5) is 0 Å². The van der Waals surface area contributed by atoms with E-state index < -0.39 is 0 Å². The van der Waals surface area contributed by atoms with E-state index in [0.717, 1.165) is 6.42 Å². The molecule has 1 aromatic carbocycles. The first-order chi connectivity index (χ1) is 9.08. The number of hydrogen-bond donors (Lipinski definition) is 0. The molecule has 0 bridgehead atoms. The van der Waals surface area contributed by atoms with Crippen molar-refractivity contribution in [3.63, 3.8) is 0 Å². The number of rotatable bonds is 4. The Bertz CT molecular complexity index is 388. The third-order valence-corrected chi connectivity index (χ3v) is 4.27. The van der Waals surface area contributed by atoms with Crippen LogP contribution in [0.2, 0.25) is 0 Å². The van der Waals surface area contributed by atoms with Crippen LogP contribution in [0.15, 0.2) is 30.3 Å². The van der Waals surface area contributed by atoms with Crippen molar-refractivity contribution in [1.29, 1.82) is 0 Å². The van der Waals surface area contributed by atoms with Crippen LogP contribution in [0.25, 0.3) is 0 Å². The second-order valence-electron chi connectivity index (χ2n) is 5.66. The van der Waals surface area contributed by atoms with E-state index in [4.69, 9.17) is 14.2 Å². The zero-order chi connectivity index (χ0) is 13.9. The molecule has 1 saturated heterocycles. The van der Waals surface area contributed by atoms with Crippen LogP contribution in [-0.4, -0.2) is 32.5 Å². The Labute approximate surface area is 115 Å². The molecule has 0 radical (unpaired) electrons. The molecule has 1 aromatic rings. The molecule has 0 N–H and O–H groups in total. The Morgan fingerprint density at radius 2 is 1.84 bits per heavy atom. The molecule has 106 valence electrons. The maximum atomic E-state index is 5.96. The van der Waals surface area contributed by atoms with E-state index in [1.807, 2.05) is 6.07 Å². The molecule has 19 heavy (non-hydrogen) atoms. The van der Waals surface area contributed by atoms with E-state index in [-0.39, 0.29) is 17.8 Å². The van der Waals surface area contributed by atoms with Gasteiger partial charge in [0.1, 0.15) is 0 Å². The van der Waals surface area contributed by atoms with Crippen LogP contribution >= 0.6 is 0 Å². The molecule has 0 spiro atoms. The smallest absolute Gasteiger partial charge is 0.0861 e. The summed E-state index contributed by atoms with van der Waals surface area (Å²) in [5.41, 5.74) is 1.02. The van der Waals surface area contributed by atoms with Gasteiger partial charge in [0.05, 0.1) is 24.4 Å². The van der Waals surface area contributed by atoms with E-state index in [9.17, 15) is 0 Å². The highest BCUT2D eigenvalue weighted by Crippen LogP contribution is 2.39. The lowest BCUT2D eigenvalue weighted by atomic mass is 9.79. The third-order valence-electron chi connectivity index (χ3n) is 4.27. The molecule has 0 amide bonds. The molecule has 1 heterocycles. The minimum atomic E-state index is -0.211. The van der Waals surface area contributed by atoms with E-state index in [2.05, 4.69) is 38.1 Å². The summed E-state index contributed by atoms with van der Waals surface area (Å²) in [5, 5.41) is 0. The summed E-state index contributed by atoms with van der Waals surface area (Å²) in [6, 6.07) is 10.4. The highest BCUT2D eigenvalue weighted by molar-refractivity contribution is 5.18. The largest absolute Gasteiger partial charge is 0.379 e. The number of ether oxygens (including phenoxy) is 3. The van der Waals surface area contributed by atoms with E-state index >= 15 is 0 Å². The predicted octanol–water partition coefficient (Wildman–Crippen LogP) is 3.20. The fraction of sp³-hybridized carbons (Fsp3) is 0.625. The summed E-state index contributed by atoms with van der Waals surface area (Å²) in [7, 11) is 3.51. The van der Waals surface area contributed by atoms with Gasteiger partial charge in [-0.2, -0.15) is 0 Å². The van der Waals surface area contributed by atoms with Crippen molar-refractivity contribution in [2.45, 2.75) is 38.1 Å². The SMILES string of the molecule is CO[C@H]1COC(c2ccccc2)C[C@H]1C(C)(C)OC. The van der Waals surface area contributed by atoms with Crippen LogP contribution < -0.4 is 0 Å². The molecule has 3 heteroatoms. The van der Waals surface area contributed by atoms with Crippen molar-refractivity contribution in [2.24, 2.45) is 5.92 Å². The fourth-order valence-corrected chi connectivity index (χ4v) is 2.79. The summed E-state index contributed by atoms with van der Waals surface area (Å²) >= 11 is 0. The molecule has 1 aliphatic heterocycles. The summed E-state index contributed by atoms with van der Waals surface area (Å²) in [6.07, 6.45) is 1.14. The quantitative estimate of drug-likeness (QED) is 0.836. The van der Waals surface area contributed by atoms with Crippen molar-refractivity contribution in [2.75, 3.05) is 20.8 Å². The number of hydrogen-bond acceptors (Lipinski definition) is 3. The average molecular weight is 264 g/mol. The summed E-state index contributed by atoms with van der Waals surface area (Å²) in [4.78, 5) is 0. The summed E-state index contributed by atoms with van der Waals surface area (Å²) in [5.74, 6) is 0.321. The lowest BCUT2D eigenvalue weighted by Crippen LogP contribution is -2.47. The maximum Gasteiger partial charge on any atom is 0.0861 e. The number of methoxy groups -OCH3 is 2. The Kier molecular flexibility index (Phi) is 4.61. The number of benzene rings is 1. The first-order valence-corrected chi connectivity index (χ1v) is 6.83. The first kappa shape index (κ1) is 14.5. The normalized spacial score (nSPS) is 28.3. The molecular formula is C16H24O3. The molecule has 2 rings (SSSR count). The Morgan fingerprint density at radius 1 is 1.16 bits per heavy atom. The van der Waals surface area contributed by atoms with Gasteiger partial charge in [0.15, 0.2) is 0 Å². The molecule has 3 nitrogen and oxygen atoms in total. The minimum Gasteiger partial charge on any atom is -0.379 e. The standard InChI is InChI=1S/C16H24O3/c1-16(2,18-4)13-10-14(19-11-15(13)17-3)12-8-6-5-7-9-12/h5-9,13-15H,10-11H2,1-4H3/t13-,14?,15+/m1/s1. The molecular weight excluding hydrogens is 240 g/mol. The van der Waals surface area contributed by atoms with Gasteiger partial charge in [0.25, 0.3) is 0 Å². The van der Waals surface area contributed by atoms with Crippen molar-refractivity contribution in [3.8, 4) is 0 Å². The lowest BCUT2D eigenvalue weighted by molar-refractivity contribution is -0.164. The van der Waals surface area contributed by atoms with Gasteiger partial charge in [-0.15, -0.1) is 0 Å². The van der Waals surface area contributed by atoms with E-state index in [1.54, 1.807) is 14.2 Å². The average Bonchev–Trinajstić information content (AvgIpc) is 2.47. The van der Waals surface area contributed by atoms with Crippen LogP contribution in [-0.2, 0) is 14.2 Å². The summed E-state index contributed by atoms with van der Waals surface area (Å²) in [6.45, 7) is 4.86. The van der Waals surface area contributed by atoms with Crippen molar-refractivity contribution in [1.82, 2.24) is 0 Å².